The zero-order valence-electron chi connectivity index (χ0n) is 17.4. The fourth-order valence-electron chi connectivity index (χ4n) is 3.03. The molecular weight excluding hydrogens is 374 g/mol. The van der Waals surface area contributed by atoms with Crippen molar-refractivity contribution in [2.45, 2.75) is 20.5 Å². The molecule has 0 radical (unpaired) electrons. The van der Waals surface area contributed by atoms with Crippen molar-refractivity contribution in [3.05, 3.63) is 95.6 Å². The van der Waals surface area contributed by atoms with Gasteiger partial charge in [-0.15, -0.1) is 0 Å². The molecule has 3 aromatic rings. The molecule has 1 amide bonds. The molecule has 0 unspecified atom stereocenters. The summed E-state index contributed by atoms with van der Waals surface area (Å²) in [6, 6.07) is 25.1. The lowest BCUT2D eigenvalue weighted by atomic mass is 10.2. The highest BCUT2D eigenvalue weighted by Gasteiger charge is 2.05. The van der Waals surface area contributed by atoms with Gasteiger partial charge in [0.05, 0.1) is 6.21 Å². The first-order chi connectivity index (χ1) is 14.7. The van der Waals surface area contributed by atoms with Crippen LogP contribution in [0.25, 0.3) is 0 Å². The summed E-state index contributed by atoms with van der Waals surface area (Å²) >= 11 is 0. The Morgan fingerprint density at radius 1 is 0.933 bits per heavy atom. The van der Waals surface area contributed by atoms with Gasteiger partial charge < -0.3 is 9.64 Å². The minimum Gasteiger partial charge on any atom is -0.489 e. The van der Waals surface area contributed by atoms with Gasteiger partial charge in [-0.1, -0.05) is 42.5 Å². The number of ether oxygens (including phenoxy) is 1. The van der Waals surface area contributed by atoms with E-state index in [1.54, 1.807) is 30.5 Å². The maximum Gasteiger partial charge on any atom is 0.271 e. The zero-order chi connectivity index (χ0) is 21.2. The van der Waals surface area contributed by atoms with E-state index in [0.717, 1.165) is 24.2 Å². The van der Waals surface area contributed by atoms with Crippen molar-refractivity contribution in [2.24, 2.45) is 5.10 Å². The number of nitrogens with zero attached hydrogens (tertiary/aromatic N) is 2. The van der Waals surface area contributed by atoms with Crippen LogP contribution in [0.4, 0.5) is 5.69 Å². The van der Waals surface area contributed by atoms with Gasteiger partial charge in [-0.3, -0.25) is 4.79 Å². The van der Waals surface area contributed by atoms with E-state index in [9.17, 15) is 4.79 Å². The van der Waals surface area contributed by atoms with Crippen molar-refractivity contribution in [1.82, 2.24) is 5.43 Å². The van der Waals surface area contributed by atoms with Crippen LogP contribution in [-0.4, -0.2) is 25.2 Å². The third kappa shape index (κ3) is 5.95. The number of benzene rings is 3. The van der Waals surface area contributed by atoms with Crippen molar-refractivity contribution in [1.29, 1.82) is 0 Å². The smallest absolute Gasteiger partial charge is 0.271 e. The number of hydrazone groups is 1. The molecule has 3 rings (SSSR count). The molecule has 30 heavy (non-hydrogen) atoms. The van der Waals surface area contributed by atoms with Crippen molar-refractivity contribution in [2.75, 3.05) is 18.0 Å². The monoisotopic (exact) mass is 401 g/mol. The molecule has 5 heteroatoms. The predicted molar refractivity (Wildman–Crippen MR) is 122 cm³/mol. The molecule has 3 aromatic carbocycles. The lowest BCUT2D eigenvalue weighted by Crippen LogP contribution is -2.21. The van der Waals surface area contributed by atoms with E-state index >= 15 is 0 Å². The lowest BCUT2D eigenvalue weighted by Gasteiger charge is -2.20. The number of amides is 1. The zero-order valence-corrected chi connectivity index (χ0v) is 17.4. The minimum atomic E-state index is -0.263. The van der Waals surface area contributed by atoms with Crippen LogP contribution in [0.2, 0.25) is 0 Å². The molecule has 0 aliphatic heterocycles. The average Bonchev–Trinajstić information content (AvgIpc) is 2.80. The summed E-state index contributed by atoms with van der Waals surface area (Å²) in [5.41, 5.74) is 6.29. The predicted octanol–water partition coefficient (Wildman–Crippen LogP) is 4.88. The van der Waals surface area contributed by atoms with Crippen molar-refractivity contribution in [3.63, 3.8) is 0 Å². The van der Waals surface area contributed by atoms with Crippen molar-refractivity contribution in [3.8, 4) is 5.75 Å². The fraction of sp³-hybridized carbons (Fsp3) is 0.200. The summed E-state index contributed by atoms with van der Waals surface area (Å²) in [6.45, 7) is 6.70. The molecule has 0 saturated heterocycles. The molecule has 0 heterocycles. The number of carbonyl (C=O) groups is 1. The number of anilines is 1. The van der Waals surface area contributed by atoms with Crippen LogP contribution < -0.4 is 15.1 Å². The Labute approximate surface area is 178 Å². The molecule has 0 aliphatic rings. The van der Waals surface area contributed by atoms with Crippen LogP contribution in [0.3, 0.4) is 0 Å². The molecule has 0 atom stereocenters. The standard InChI is InChI=1S/C25H27N3O2/c1-3-28(4-2)23-14-10-20(11-15-23)18-26-27-25(29)22-12-16-24(17-13-22)30-19-21-8-6-5-7-9-21/h5-18H,3-4,19H2,1-2H3,(H,27,29)/b26-18-. The Morgan fingerprint density at radius 3 is 2.23 bits per heavy atom. The summed E-state index contributed by atoms with van der Waals surface area (Å²) in [5, 5.41) is 4.06. The maximum atomic E-state index is 12.3. The van der Waals surface area contributed by atoms with Gasteiger partial charge in [0, 0.05) is 24.3 Å². The average molecular weight is 402 g/mol. The number of nitrogens with one attached hydrogen (secondary N) is 1. The van der Waals surface area contributed by atoms with E-state index in [-0.39, 0.29) is 5.91 Å². The molecule has 0 saturated carbocycles. The van der Waals surface area contributed by atoms with E-state index in [1.807, 2.05) is 42.5 Å². The molecule has 5 nitrogen and oxygen atoms in total. The SMILES string of the molecule is CCN(CC)c1ccc(/C=N\NC(=O)c2ccc(OCc3ccccc3)cc2)cc1. The Hall–Kier alpha value is -3.60. The number of rotatable bonds is 9. The van der Waals surface area contributed by atoms with Gasteiger partial charge in [0.25, 0.3) is 5.91 Å². The summed E-state index contributed by atoms with van der Waals surface area (Å²) in [5.74, 6) is 0.452. The Bertz CT molecular complexity index is 948. The Morgan fingerprint density at radius 2 is 1.60 bits per heavy atom. The third-order valence-corrected chi connectivity index (χ3v) is 4.77. The molecule has 0 spiro atoms. The van der Waals surface area contributed by atoms with Gasteiger partial charge in [0.1, 0.15) is 12.4 Å². The second-order valence-corrected chi connectivity index (χ2v) is 6.76. The first-order valence-corrected chi connectivity index (χ1v) is 10.1. The molecular formula is C25H27N3O2. The fourth-order valence-corrected chi connectivity index (χ4v) is 3.03. The van der Waals surface area contributed by atoms with Gasteiger partial charge in [0.15, 0.2) is 0 Å². The van der Waals surface area contributed by atoms with E-state index in [2.05, 4.69) is 41.4 Å². The van der Waals surface area contributed by atoms with Gasteiger partial charge in [-0.25, -0.2) is 5.43 Å². The molecule has 0 aromatic heterocycles. The van der Waals surface area contributed by atoms with Gasteiger partial charge >= 0.3 is 0 Å². The van der Waals surface area contributed by atoms with Crippen LogP contribution in [0.15, 0.2) is 84.0 Å². The first-order valence-electron chi connectivity index (χ1n) is 10.1. The van der Waals surface area contributed by atoms with Crippen LogP contribution in [0, 0.1) is 0 Å². The number of hydrogen-bond donors (Lipinski definition) is 1. The highest BCUT2D eigenvalue weighted by Crippen LogP contribution is 2.15. The third-order valence-electron chi connectivity index (χ3n) is 4.77. The largest absolute Gasteiger partial charge is 0.489 e. The van der Waals surface area contributed by atoms with Crippen molar-refractivity contribution >= 4 is 17.8 Å². The lowest BCUT2D eigenvalue weighted by molar-refractivity contribution is 0.0955. The summed E-state index contributed by atoms with van der Waals surface area (Å²) in [7, 11) is 0. The van der Waals surface area contributed by atoms with Gasteiger partial charge in [-0.05, 0) is 61.4 Å². The van der Waals surface area contributed by atoms with Crippen LogP contribution in [0.1, 0.15) is 35.3 Å². The summed E-state index contributed by atoms with van der Waals surface area (Å²) < 4.78 is 5.74. The number of hydrogen-bond acceptors (Lipinski definition) is 4. The van der Waals surface area contributed by atoms with Crippen LogP contribution in [0.5, 0.6) is 5.75 Å². The number of carbonyl (C=O) groups excluding carboxylic acids is 1. The van der Waals surface area contributed by atoms with Gasteiger partial charge in [-0.2, -0.15) is 5.10 Å². The second-order valence-electron chi connectivity index (χ2n) is 6.76. The minimum absolute atomic E-state index is 0.263. The van der Waals surface area contributed by atoms with Crippen molar-refractivity contribution < 1.29 is 9.53 Å². The van der Waals surface area contributed by atoms with Gasteiger partial charge in [0.2, 0.25) is 0 Å². The maximum absolute atomic E-state index is 12.3. The van der Waals surface area contributed by atoms with E-state index < -0.39 is 0 Å². The Kier molecular flexibility index (Phi) is 7.61. The Balaban J connectivity index is 1.50. The van der Waals surface area contributed by atoms with Crippen LogP contribution in [-0.2, 0) is 6.61 Å². The summed E-state index contributed by atoms with van der Waals surface area (Å²) in [4.78, 5) is 14.5. The topological polar surface area (TPSA) is 53.9 Å². The van der Waals surface area contributed by atoms with E-state index in [4.69, 9.17) is 4.74 Å². The molecule has 0 bridgehead atoms. The quantitative estimate of drug-likeness (QED) is 0.411. The van der Waals surface area contributed by atoms with E-state index in [1.165, 1.54) is 5.69 Å². The molecule has 0 aliphatic carbocycles. The highest BCUT2D eigenvalue weighted by atomic mass is 16.5. The first kappa shape index (κ1) is 21.1. The summed E-state index contributed by atoms with van der Waals surface area (Å²) in [6.07, 6.45) is 1.64. The molecule has 0 fully saturated rings. The second kappa shape index (κ2) is 10.8. The van der Waals surface area contributed by atoms with E-state index in [0.29, 0.717) is 17.9 Å². The normalized spacial score (nSPS) is 10.7. The van der Waals surface area contributed by atoms with Crippen LogP contribution >= 0.6 is 0 Å². The molecule has 154 valence electrons. The highest BCUT2D eigenvalue weighted by molar-refractivity contribution is 5.95. The molecule has 1 N–H and O–H groups in total.